The van der Waals surface area contributed by atoms with Crippen LogP contribution in [-0.4, -0.2) is 11.9 Å². The van der Waals surface area contributed by atoms with E-state index in [9.17, 15) is 9.18 Å². The van der Waals surface area contributed by atoms with Gasteiger partial charge in [0.05, 0.1) is 11.6 Å². The Morgan fingerprint density at radius 3 is 2.53 bits per heavy atom. The normalized spacial score (nSPS) is 14.4. The van der Waals surface area contributed by atoms with Crippen molar-refractivity contribution in [3.63, 3.8) is 0 Å². The Morgan fingerprint density at radius 2 is 2.00 bits per heavy atom. The van der Waals surface area contributed by atoms with Gasteiger partial charge in [-0.15, -0.1) is 0 Å². The first-order valence-electron chi connectivity index (χ1n) is 4.83. The molecule has 3 nitrogen and oxygen atoms in total. The zero-order valence-corrected chi connectivity index (χ0v) is 8.83. The van der Waals surface area contributed by atoms with Gasteiger partial charge in [0.25, 0.3) is 0 Å². The Morgan fingerprint density at radius 1 is 1.40 bits per heavy atom. The van der Waals surface area contributed by atoms with Crippen molar-refractivity contribution >= 4 is 11.6 Å². The van der Waals surface area contributed by atoms with Crippen LogP contribution in [0.3, 0.4) is 0 Å². The molecule has 0 radical (unpaired) electrons. The number of carbonyl (C=O) groups is 1. The maximum absolute atomic E-state index is 13.2. The van der Waals surface area contributed by atoms with E-state index < -0.39 is 5.82 Å². The number of benzene rings is 1. The Balaban J connectivity index is 2.71. The first-order chi connectivity index (χ1) is 7.02. The molecule has 0 heterocycles. The lowest BCUT2D eigenvalue weighted by Crippen LogP contribution is -2.34. The van der Waals surface area contributed by atoms with Crippen LogP contribution < -0.4 is 11.1 Å². The van der Waals surface area contributed by atoms with Crippen molar-refractivity contribution in [2.45, 2.75) is 19.9 Å². The Labute approximate surface area is 88.5 Å². The van der Waals surface area contributed by atoms with Gasteiger partial charge in [0.15, 0.2) is 0 Å². The zero-order valence-electron chi connectivity index (χ0n) is 8.83. The Hall–Kier alpha value is -1.42. The van der Waals surface area contributed by atoms with E-state index >= 15 is 0 Å². The van der Waals surface area contributed by atoms with Crippen molar-refractivity contribution in [1.82, 2.24) is 0 Å². The highest BCUT2D eigenvalue weighted by Crippen LogP contribution is 2.14. The van der Waals surface area contributed by atoms with Gasteiger partial charge in [0.2, 0.25) is 5.91 Å². The fourth-order valence-corrected chi connectivity index (χ4v) is 1.05. The number of carbonyl (C=O) groups excluding carboxylic acids is 1. The molecule has 0 spiro atoms. The van der Waals surface area contributed by atoms with Gasteiger partial charge in [-0.05, 0) is 19.1 Å². The van der Waals surface area contributed by atoms with E-state index in [-0.39, 0.29) is 23.6 Å². The number of rotatable bonds is 3. The molecule has 0 aromatic heterocycles. The molecule has 1 amide bonds. The van der Waals surface area contributed by atoms with Crippen molar-refractivity contribution in [3.8, 4) is 0 Å². The highest BCUT2D eigenvalue weighted by Gasteiger charge is 2.17. The van der Waals surface area contributed by atoms with Crippen LogP contribution in [0.2, 0.25) is 0 Å². The van der Waals surface area contributed by atoms with E-state index in [1.165, 1.54) is 12.1 Å². The number of anilines is 1. The quantitative estimate of drug-likeness (QED) is 0.798. The molecule has 2 unspecified atom stereocenters. The highest BCUT2D eigenvalue weighted by atomic mass is 19.1. The zero-order chi connectivity index (χ0) is 11.4. The summed E-state index contributed by atoms with van der Waals surface area (Å²) in [4.78, 5) is 11.5. The van der Waals surface area contributed by atoms with Crippen LogP contribution in [0.15, 0.2) is 24.3 Å². The second kappa shape index (κ2) is 4.89. The van der Waals surface area contributed by atoms with E-state index in [1.54, 1.807) is 26.0 Å². The van der Waals surface area contributed by atoms with E-state index in [4.69, 9.17) is 5.73 Å². The molecule has 1 aromatic carbocycles. The fourth-order valence-electron chi connectivity index (χ4n) is 1.05. The van der Waals surface area contributed by atoms with E-state index in [0.717, 1.165) is 0 Å². The SMILES string of the molecule is CC(N)C(C)C(=O)Nc1ccccc1F. The van der Waals surface area contributed by atoms with Gasteiger partial charge >= 0.3 is 0 Å². The van der Waals surface area contributed by atoms with Crippen molar-refractivity contribution in [2.75, 3.05) is 5.32 Å². The predicted octanol–water partition coefficient (Wildman–Crippen LogP) is 1.75. The summed E-state index contributed by atoms with van der Waals surface area (Å²) >= 11 is 0. The van der Waals surface area contributed by atoms with Crippen LogP contribution in [0.4, 0.5) is 10.1 Å². The van der Waals surface area contributed by atoms with Crippen LogP contribution in [0.1, 0.15) is 13.8 Å². The van der Waals surface area contributed by atoms with Crippen LogP contribution in [0.25, 0.3) is 0 Å². The minimum Gasteiger partial charge on any atom is -0.327 e. The molecule has 0 aliphatic heterocycles. The number of halogens is 1. The van der Waals surface area contributed by atoms with Gasteiger partial charge in [0, 0.05) is 6.04 Å². The van der Waals surface area contributed by atoms with Crippen molar-refractivity contribution < 1.29 is 9.18 Å². The summed E-state index contributed by atoms with van der Waals surface area (Å²) in [5, 5.41) is 2.50. The van der Waals surface area contributed by atoms with Crippen LogP contribution >= 0.6 is 0 Å². The fraction of sp³-hybridized carbons (Fsp3) is 0.364. The summed E-state index contributed by atoms with van der Waals surface area (Å²) < 4.78 is 13.2. The summed E-state index contributed by atoms with van der Waals surface area (Å²) in [6.45, 7) is 3.45. The molecule has 2 atom stereocenters. The monoisotopic (exact) mass is 210 g/mol. The summed E-state index contributed by atoms with van der Waals surface area (Å²) in [6, 6.07) is 5.79. The summed E-state index contributed by atoms with van der Waals surface area (Å²) in [5.41, 5.74) is 5.76. The highest BCUT2D eigenvalue weighted by molar-refractivity contribution is 5.92. The number of hydrogen-bond donors (Lipinski definition) is 2. The number of para-hydroxylation sites is 1. The lowest BCUT2D eigenvalue weighted by Gasteiger charge is -2.15. The van der Waals surface area contributed by atoms with Crippen LogP contribution in [-0.2, 0) is 4.79 Å². The van der Waals surface area contributed by atoms with Crippen LogP contribution in [0.5, 0.6) is 0 Å². The molecule has 82 valence electrons. The predicted molar refractivity (Wildman–Crippen MR) is 57.8 cm³/mol. The minimum atomic E-state index is -0.442. The lowest BCUT2D eigenvalue weighted by molar-refractivity contribution is -0.119. The number of nitrogens with one attached hydrogen (secondary N) is 1. The number of nitrogens with two attached hydrogens (primary N) is 1. The number of amides is 1. The van der Waals surface area contributed by atoms with Gasteiger partial charge < -0.3 is 11.1 Å². The summed E-state index contributed by atoms with van der Waals surface area (Å²) in [5.74, 6) is -1.05. The average molecular weight is 210 g/mol. The van der Waals surface area contributed by atoms with Gasteiger partial charge in [-0.1, -0.05) is 19.1 Å². The molecule has 1 aromatic rings. The summed E-state index contributed by atoms with van der Waals surface area (Å²) in [7, 11) is 0. The maximum Gasteiger partial charge on any atom is 0.228 e. The molecule has 1 rings (SSSR count). The third-order valence-corrected chi connectivity index (χ3v) is 2.33. The molecule has 0 saturated heterocycles. The second-order valence-corrected chi connectivity index (χ2v) is 3.62. The Kier molecular flexibility index (Phi) is 3.80. The van der Waals surface area contributed by atoms with E-state index in [0.29, 0.717) is 0 Å². The molecule has 15 heavy (non-hydrogen) atoms. The smallest absolute Gasteiger partial charge is 0.228 e. The van der Waals surface area contributed by atoms with Gasteiger partial charge in [-0.2, -0.15) is 0 Å². The van der Waals surface area contributed by atoms with Gasteiger partial charge in [-0.25, -0.2) is 4.39 Å². The maximum atomic E-state index is 13.2. The van der Waals surface area contributed by atoms with Crippen LogP contribution in [0, 0.1) is 11.7 Å². The minimum absolute atomic E-state index is 0.190. The van der Waals surface area contributed by atoms with Crippen molar-refractivity contribution in [1.29, 1.82) is 0 Å². The van der Waals surface area contributed by atoms with Crippen molar-refractivity contribution in [3.05, 3.63) is 30.1 Å². The van der Waals surface area contributed by atoms with E-state index in [2.05, 4.69) is 5.32 Å². The van der Waals surface area contributed by atoms with Gasteiger partial charge in [-0.3, -0.25) is 4.79 Å². The third-order valence-electron chi connectivity index (χ3n) is 2.33. The molecule has 0 aliphatic carbocycles. The topological polar surface area (TPSA) is 55.1 Å². The molecule has 0 saturated carbocycles. The van der Waals surface area contributed by atoms with Crippen molar-refractivity contribution in [2.24, 2.45) is 11.7 Å². The molecule has 4 heteroatoms. The molecular weight excluding hydrogens is 195 g/mol. The Bertz CT molecular complexity index is 352. The largest absolute Gasteiger partial charge is 0.327 e. The third kappa shape index (κ3) is 3.02. The molecule has 0 bridgehead atoms. The molecule has 3 N–H and O–H groups in total. The van der Waals surface area contributed by atoms with Gasteiger partial charge in [0.1, 0.15) is 5.82 Å². The summed E-state index contributed by atoms with van der Waals surface area (Å²) in [6.07, 6.45) is 0. The standard InChI is InChI=1S/C11H15FN2O/c1-7(8(2)13)11(15)14-10-6-4-3-5-9(10)12/h3-8H,13H2,1-2H3,(H,14,15). The molecule has 0 aliphatic rings. The molecule has 0 fully saturated rings. The lowest BCUT2D eigenvalue weighted by atomic mass is 10.0. The number of hydrogen-bond acceptors (Lipinski definition) is 2. The first kappa shape index (κ1) is 11.7. The van der Waals surface area contributed by atoms with E-state index in [1.807, 2.05) is 0 Å². The second-order valence-electron chi connectivity index (χ2n) is 3.62. The molecular formula is C11H15FN2O. The average Bonchev–Trinajstić information content (AvgIpc) is 2.20. The first-order valence-corrected chi connectivity index (χ1v) is 4.83.